The molecular weight excluding hydrogens is 262 g/mol. The van der Waals surface area contributed by atoms with Crippen molar-refractivity contribution < 1.29 is 9.53 Å². The van der Waals surface area contributed by atoms with Gasteiger partial charge in [-0.1, -0.05) is 36.8 Å². The van der Waals surface area contributed by atoms with Gasteiger partial charge in [-0.05, 0) is 31.2 Å². The number of amides is 1. The third kappa shape index (κ3) is 3.13. The number of carbonyl (C=O) groups is 1. The van der Waals surface area contributed by atoms with Crippen molar-refractivity contribution in [1.29, 1.82) is 0 Å². The van der Waals surface area contributed by atoms with Crippen LogP contribution in [0.2, 0.25) is 0 Å². The Kier molecular flexibility index (Phi) is 4.59. The number of rotatable bonds is 3. The molecule has 0 N–H and O–H groups in total. The predicted molar refractivity (Wildman–Crippen MR) is 83.1 cm³/mol. The topological polar surface area (TPSA) is 29.5 Å². The molecule has 1 aromatic carbocycles. The number of benzene rings is 1. The first-order valence-electron chi connectivity index (χ1n) is 8.16. The van der Waals surface area contributed by atoms with Crippen LogP contribution in [-0.2, 0) is 9.53 Å². The summed E-state index contributed by atoms with van der Waals surface area (Å²) in [6.07, 6.45) is 5.51. The molecule has 3 nitrogen and oxygen atoms in total. The molecule has 1 amide bonds. The van der Waals surface area contributed by atoms with E-state index < -0.39 is 0 Å². The summed E-state index contributed by atoms with van der Waals surface area (Å²) in [6.45, 7) is 1.41. The van der Waals surface area contributed by atoms with E-state index in [0.717, 1.165) is 25.9 Å². The maximum Gasteiger partial charge on any atom is 0.228 e. The van der Waals surface area contributed by atoms with Crippen LogP contribution >= 0.6 is 0 Å². The molecule has 0 radical (unpaired) electrons. The lowest BCUT2D eigenvalue weighted by Gasteiger charge is -2.34. The number of ether oxygens (including phenoxy) is 1. The number of carbonyl (C=O) groups excluding carboxylic acids is 1. The molecule has 1 saturated carbocycles. The summed E-state index contributed by atoms with van der Waals surface area (Å²) < 4.78 is 5.48. The van der Waals surface area contributed by atoms with Gasteiger partial charge in [-0.3, -0.25) is 4.79 Å². The highest BCUT2D eigenvalue weighted by Gasteiger charge is 2.36. The molecule has 3 atom stereocenters. The van der Waals surface area contributed by atoms with E-state index in [-0.39, 0.29) is 11.8 Å². The first kappa shape index (κ1) is 14.6. The molecule has 3 heteroatoms. The molecule has 1 heterocycles. The largest absolute Gasteiger partial charge is 0.381 e. The Bertz CT molecular complexity index is 467. The molecular formula is C18H25NO2. The van der Waals surface area contributed by atoms with Gasteiger partial charge in [0.2, 0.25) is 5.91 Å². The summed E-state index contributed by atoms with van der Waals surface area (Å²) in [5, 5.41) is 0. The Morgan fingerprint density at radius 3 is 2.67 bits per heavy atom. The fraction of sp³-hybridized carbons (Fsp3) is 0.611. The molecule has 1 aromatic rings. The van der Waals surface area contributed by atoms with Crippen LogP contribution < -0.4 is 0 Å². The Labute approximate surface area is 127 Å². The van der Waals surface area contributed by atoms with Crippen LogP contribution in [0.3, 0.4) is 0 Å². The molecule has 0 bridgehead atoms. The second-order valence-electron chi connectivity index (χ2n) is 6.38. The Hall–Kier alpha value is -1.35. The number of nitrogens with zero attached hydrogens (tertiary/aromatic N) is 1. The van der Waals surface area contributed by atoms with Gasteiger partial charge in [0.25, 0.3) is 0 Å². The minimum absolute atomic E-state index is 0.0702. The van der Waals surface area contributed by atoms with Crippen LogP contribution in [0.25, 0.3) is 0 Å². The van der Waals surface area contributed by atoms with Crippen molar-refractivity contribution in [3.63, 3.8) is 0 Å². The van der Waals surface area contributed by atoms with Crippen molar-refractivity contribution >= 4 is 5.91 Å². The number of likely N-dealkylation sites (N-methyl/N-ethyl adjacent to an activating group) is 1. The average Bonchev–Trinajstić information content (AvgIpc) is 3.04. The van der Waals surface area contributed by atoms with E-state index in [1.807, 2.05) is 11.9 Å². The Morgan fingerprint density at radius 1 is 1.14 bits per heavy atom. The van der Waals surface area contributed by atoms with Crippen LogP contribution in [-0.4, -0.2) is 37.1 Å². The van der Waals surface area contributed by atoms with E-state index in [9.17, 15) is 4.79 Å². The van der Waals surface area contributed by atoms with Crippen molar-refractivity contribution in [2.45, 2.75) is 44.1 Å². The summed E-state index contributed by atoms with van der Waals surface area (Å²) in [4.78, 5) is 14.7. The van der Waals surface area contributed by atoms with Gasteiger partial charge in [-0.2, -0.15) is 0 Å². The van der Waals surface area contributed by atoms with E-state index >= 15 is 0 Å². The molecule has 21 heavy (non-hydrogen) atoms. The molecule has 1 aliphatic carbocycles. The maximum atomic E-state index is 12.7. The van der Waals surface area contributed by atoms with Crippen molar-refractivity contribution in [2.24, 2.45) is 5.92 Å². The van der Waals surface area contributed by atoms with Crippen LogP contribution in [0.5, 0.6) is 0 Å². The second kappa shape index (κ2) is 6.61. The van der Waals surface area contributed by atoms with Gasteiger partial charge in [0.15, 0.2) is 0 Å². The van der Waals surface area contributed by atoms with Gasteiger partial charge in [0.1, 0.15) is 0 Å². The van der Waals surface area contributed by atoms with E-state index in [4.69, 9.17) is 4.74 Å². The fourth-order valence-electron chi connectivity index (χ4n) is 3.88. The third-order valence-electron chi connectivity index (χ3n) is 5.06. The van der Waals surface area contributed by atoms with Gasteiger partial charge in [-0.15, -0.1) is 0 Å². The zero-order valence-electron chi connectivity index (χ0n) is 12.8. The van der Waals surface area contributed by atoms with Crippen molar-refractivity contribution in [3.05, 3.63) is 35.9 Å². The zero-order valence-corrected chi connectivity index (χ0v) is 12.8. The summed E-state index contributed by atoms with van der Waals surface area (Å²) >= 11 is 0. The highest BCUT2D eigenvalue weighted by molar-refractivity contribution is 5.79. The Balaban J connectivity index is 1.70. The van der Waals surface area contributed by atoms with Gasteiger partial charge < -0.3 is 9.64 Å². The minimum atomic E-state index is 0.0702. The van der Waals surface area contributed by atoms with Gasteiger partial charge in [-0.25, -0.2) is 0 Å². The van der Waals surface area contributed by atoms with Crippen LogP contribution in [0, 0.1) is 5.92 Å². The van der Waals surface area contributed by atoms with Crippen molar-refractivity contribution in [1.82, 2.24) is 4.90 Å². The van der Waals surface area contributed by atoms with Gasteiger partial charge >= 0.3 is 0 Å². The van der Waals surface area contributed by atoms with E-state index in [2.05, 4.69) is 30.3 Å². The van der Waals surface area contributed by atoms with Gasteiger partial charge in [0.05, 0.1) is 12.5 Å². The quantitative estimate of drug-likeness (QED) is 0.854. The monoisotopic (exact) mass is 287 g/mol. The van der Waals surface area contributed by atoms with Crippen molar-refractivity contribution in [3.8, 4) is 0 Å². The lowest BCUT2D eigenvalue weighted by atomic mass is 9.92. The van der Waals surface area contributed by atoms with Crippen LogP contribution in [0.1, 0.15) is 43.6 Å². The summed E-state index contributed by atoms with van der Waals surface area (Å²) in [5.74, 6) is 0.841. The first-order chi connectivity index (χ1) is 10.3. The van der Waals surface area contributed by atoms with Crippen LogP contribution in [0.4, 0.5) is 0 Å². The number of hydrogen-bond donors (Lipinski definition) is 0. The van der Waals surface area contributed by atoms with Crippen LogP contribution in [0.15, 0.2) is 30.3 Å². The predicted octanol–water partition coefficient (Wildman–Crippen LogP) is 3.21. The summed E-state index contributed by atoms with van der Waals surface area (Å²) in [7, 11) is 1.99. The normalized spacial score (nSPS) is 29.3. The summed E-state index contributed by atoms with van der Waals surface area (Å²) in [6, 6.07) is 11.0. The smallest absolute Gasteiger partial charge is 0.228 e. The SMILES string of the molecule is CN(C(=O)[C@@H]1CCCOC1)[C@H]1CCC[C@@H]1c1ccccc1. The fourth-order valence-corrected chi connectivity index (χ4v) is 3.88. The third-order valence-corrected chi connectivity index (χ3v) is 5.06. The molecule has 0 unspecified atom stereocenters. The molecule has 114 valence electrons. The van der Waals surface area contributed by atoms with E-state index in [0.29, 0.717) is 18.6 Å². The molecule has 0 spiro atoms. The van der Waals surface area contributed by atoms with E-state index in [1.54, 1.807) is 0 Å². The minimum Gasteiger partial charge on any atom is -0.381 e. The van der Waals surface area contributed by atoms with E-state index in [1.165, 1.54) is 18.4 Å². The zero-order chi connectivity index (χ0) is 14.7. The molecule has 1 saturated heterocycles. The molecule has 1 aliphatic heterocycles. The molecule has 2 aliphatic rings. The molecule has 3 rings (SSSR count). The summed E-state index contributed by atoms with van der Waals surface area (Å²) in [5.41, 5.74) is 1.37. The second-order valence-corrected chi connectivity index (χ2v) is 6.38. The number of hydrogen-bond acceptors (Lipinski definition) is 2. The van der Waals surface area contributed by atoms with Gasteiger partial charge in [0, 0.05) is 25.6 Å². The average molecular weight is 287 g/mol. The Morgan fingerprint density at radius 2 is 1.95 bits per heavy atom. The molecule has 0 aromatic heterocycles. The lowest BCUT2D eigenvalue weighted by molar-refractivity contribution is -0.140. The highest BCUT2D eigenvalue weighted by Crippen LogP contribution is 2.38. The highest BCUT2D eigenvalue weighted by atomic mass is 16.5. The van der Waals surface area contributed by atoms with Crippen molar-refractivity contribution in [2.75, 3.05) is 20.3 Å². The lowest BCUT2D eigenvalue weighted by Crippen LogP contribution is -2.44. The molecule has 2 fully saturated rings. The first-order valence-corrected chi connectivity index (χ1v) is 8.16. The maximum absolute atomic E-state index is 12.7. The standard InChI is InChI=1S/C18H25NO2/c1-19(18(20)15-9-6-12-21-13-15)17-11-5-10-16(17)14-7-3-2-4-8-14/h2-4,7-8,15-17H,5-6,9-13H2,1H3/t15-,16-,17+/m1/s1.